The summed E-state index contributed by atoms with van der Waals surface area (Å²) in [6, 6.07) is 0.353. The molecule has 1 aliphatic rings. The summed E-state index contributed by atoms with van der Waals surface area (Å²) in [5, 5.41) is 8.14. The van der Waals surface area contributed by atoms with Crippen LogP contribution in [0.25, 0.3) is 0 Å². The normalized spacial score (nSPS) is 21.3. The van der Waals surface area contributed by atoms with Crippen LogP contribution in [0.5, 0.6) is 0 Å². The van der Waals surface area contributed by atoms with E-state index in [9.17, 15) is 0 Å². The summed E-state index contributed by atoms with van der Waals surface area (Å²) < 4.78 is 2.85. The third kappa shape index (κ3) is 2.91. The summed E-state index contributed by atoms with van der Waals surface area (Å²) >= 11 is 7.30. The van der Waals surface area contributed by atoms with E-state index in [2.05, 4.69) is 39.8 Å². The number of rotatable bonds is 3. The van der Waals surface area contributed by atoms with Gasteiger partial charge < -0.3 is 4.90 Å². The molecule has 1 aliphatic heterocycles. The molecule has 0 amide bonds. The zero-order valence-electron chi connectivity index (χ0n) is 11.3. The van der Waals surface area contributed by atoms with Crippen LogP contribution in [0.1, 0.15) is 39.2 Å². The fourth-order valence-corrected chi connectivity index (χ4v) is 3.57. The van der Waals surface area contributed by atoms with Gasteiger partial charge in [-0.3, -0.25) is 4.57 Å². The minimum atomic E-state index is 0.353. The highest BCUT2D eigenvalue weighted by molar-refractivity contribution is 7.99. The molecular formula is C12H22N4S2. The van der Waals surface area contributed by atoms with Crippen molar-refractivity contribution in [3.8, 4) is 0 Å². The van der Waals surface area contributed by atoms with Crippen molar-refractivity contribution >= 4 is 29.9 Å². The molecule has 0 radical (unpaired) electrons. The number of nitrogens with zero attached hydrogens (tertiary/aromatic N) is 3. The Morgan fingerprint density at radius 2 is 2.17 bits per heavy atom. The molecule has 2 rings (SSSR count). The zero-order chi connectivity index (χ0) is 13.1. The van der Waals surface area contributed by atoms with Crippen LogP contribution < -0.4 is 4.90 Å². The molecule has 1 saturated heterocycles. The van der Waals surface area contributed by atoms with E-state index in [4.69, 9.17) is 12.2 Å². The number of hydrogen-bond acceptors (Lipinski definition) is 4. The van der Waals surface area contributed by atoms with Crippen LogP contribution in [0.3, 0.4) is 0 Å². The van der Waals surface area contributed by atoms with Crippen molar-refractivity contribution in [1.82, 2.24) is 14.8 Å². The summed E-state index contributed by atoms with van der Waals surface area (Å²) in [6.07, 6.45) is 6.00. The fourth-order valence-electron chi connectivity index (χ4n) is 2.49. The van der Waals surface area contributed by atoms with Gasteiger partial charge in [0, 0.05) is 24.4 Å². The first kappa shape index (κ1) is 13.9. The molecule has 1 aromatic heterocycles. The molecule has 0 spiro atoms. The Labute approximate surface area is 118 Å². The van der Waals surface area contributed by atoms with Crippen molar-refractivity contribution < 1.29 is 0 Å². The molecule has 0 aliphatic carbocycles. The molecular weight excluding hydrogens is 264 g/mol. The van der Waals surface area contributed by atoms with Crippen LogP contribution in [0.15, 0.2) is 0 Å². The first-order chi connectivity index (χ1) is 8.63. The van der Waals surface area contributed by atoms with Crippen molar-refractivity contribution in [1.29, 1.82) is 0 Å². The Morgan fingerprint density at radius 3 is 2.83 bits per heavy atom. The van der Waals surface area contributed by atoms with E-state index in [-0.39, 0.29) is 0 Å². The van der Waals surface area contributed by atoms with E-state index in [1.54, 1.807) is 0 Å². The summed E-state index contributed by atoms with van der Waals surface area (Å²) in [6.45, 7) is 6.47. The maximum atomic E-state index is 5.31. The smallest absolute Gasteiger partial charge is 0.225 e. The number of nitrogens with one attached hydrogen (secondary N) is 1. The number of aromatic nitrogens is 3. The van der Waals surface area contributed by atoms with Crippen molar-refractivity contribution in [2.75, 3.05) is 24.2 Å². The van der Waals surface area contributed by atoms with Gasteiger partial charge in [-0.25, -0.2) is 5.10 Å². The van der Waals surface area contributed by atoms with Crippen LogP contribution in [-0.2, 0) is 0 Å². The highest BCUT2D eigenvalue weighted by Crippen LogP contribution is 2.25. The van der Waals surface area contributed by atoms with E-state index >= 15 is 0 Å². The number of hydrogen-bond donors (Lipinski definition) is 1. The van der Waals surface area contributed by atoms with Gasteiger partial charge in [0.1, 0.15) is 0 Å². The lowest BCUT2D eigenvalue weighted by atomic mass is 10.2. The van der Waals surface area contributed by atoms with Gasteiger partial charge in [0.15, 0.2) is 4.77 Å². The summed E-state index contributed by atoms with van der Waals surface area (Å²) in [5.74, 6) is 1.01. The number of anilines is 1. The number of thioether (sulfide) groups is 1. The van der Waals surface area contributed by atoms with Gasteiger partial charge in [0.2, 0.25) is 5.95 Å². The molecule has 6 heteroatoms. The largest absolute Gasteiger partial charge is 0.341 e. The molecule has 0 aromatic carbocycles. The quantitative estimate of drug-likeness (QED) is 0.866. The minimum absolute atomic E-state index is 0.353. The first-order valence-corrected chi connectivity index (χ1v) is 8.27. The van der Waals surface area contributed by atoms with Crippen molar-refractivity contribution in [3.63, 3.8) is 0 Å². The topological polar surface area (TPSA) is 36.9 Å². The lowest BCUT2D eigenvalue weighted by Gasteiger charge is -2.23. The SMILES string of the molecule is CSC1CCCN(c2n[nH]c(=S)n2C(C)C)CC1. The van der Waals surface area contributed by atoms with Gasteiger partial charge in [0.05, 0.1) is 0 Å². The highest BCUT2D eigenvalue weighted by atomic mass is 32.2. The molecule has 2 heterocycles. The second-order valence-electron chi connectivity index (χ2n) is 5.07. The average Bonchev–Trinajstić information content (AvgIpc) is 2.59. The first-order valence-electron chi connectivity index (χ1n) is 6.58. The molecule has 1 atom stereocenters. The van der Waals surface area contributed by atoms with Crippen LogP contribution in [0, 0.1) is 4.77 Å². The summed E-state index contributed by atoms with van der Waals surface area (Å²) in [5.41, 5.74) is 0. The highest BCUT2D eigenvalue weighted by Gasteiger charge is 2.21. The molecule has 102 valence electrons. The number of H-pyrrole nitrogens is 1. The van der Waals surface area contributed by atoms with Crippen LogP contribution in [0.4, 0.5) is 5.95 Å². The maximum absolute atomic E-state index is 5.31. The second kappa shape index (κ2) is 6.10. The predicted molar refractivity (Wildman–Crippen MR) is 81.2 cm³/mol. The zero-order valence-corrected chi connectivity index (χ0v) is 13.0. The van der Waals surface area contributed by atoms with E-state index < -0.39 is 0 Å². The standard InChI is InChI=1S/C12H22N4S2/c1-9(2)16-11(13-14-12(16)17)15-7-4-5-10(18-3)6-8-15/h9-10H,4-8H2,1-3H3,(H,14,17). The molecule has 1 N–H and O–H groups in total. The average molecular weight is 286 g/mol. The van der Waals surface area contributed by atoms with Gasteiger partial charge in [-0.05, 0) is 51.6 Å². The van der Waals surface area contributed by atoms with E-state index in [0.29, 0.717) is 6.04 Å². The Bertz CT molecular complexity index is 438. The van der Waals surface area contributed by atoms with Crippen molar-refractivity contribution in [2.45, 2.75) is 44.4 Å². The van der Waals surface area contributed by atoms with Gasteiger partial charge in [-0.2, -0.15) is 11.8 Å². The van der Waals surface area contributed by atoms with E-state index in [0.717, 1.165) is 29.1 Å². The molecule has 1 unspecified atom stereocenters. The molecule has 1 aromatic rings. The van der Waals surface area contributed by atoms with Gasteiger partial charge in [0.25, 0.3) is 0 Å². The van der Waals surface area contributed by atoms with E-state index in [1.807, 2.05) is 11.8 Å². The summed E-state index contributed by atoms with van der Waals surface area (Å²) in [7, 11) is 0. The fraction of sp³-hybridized carbons (Fsp3) is 0.833. The maximum Gasteiger partial charge on any atom is 0.225 e. The van der Waals surface area contributed by atoms with E-state index in [1.165, 1.54) is 19.3 Å². The Morgan fingerprint density at radius 1 is 1.39 bits per heavy atom. The molecule has 4 nitrogen and oxygen atoms in total. The third-order valence-corrected chi connectivity index (χ3v) is 4.92. The Balaban J connectivity index is 2.19. The van der Waals surface area contributed by atoms with Crippen molar-refractivity contribution in [2.24, 2.45) is 0 Å². The molecule has 0 bridgehead atoms. The van der Waals surface area contributed by atoms with Crippen LogP contribution in [-0.4, -0.2) is 39.4 Å². The van der Waals surface area contributed by atoms with Gasteiger partial charge in [-0.15, -0.1) is 5.10 Å². The van der Waals surface area contributed by atoms with Gasteiger partial charge >= 0.3 is 0 Å². The van der Waals surface area contributed by atoms with Crippen LogP contribution in [0.2, 0.25) is 0 Å². The Kier molecular flexibility index (Phi) is 4.72. The monoisotopic (exact) mass is 286 g/mol. The Hall–Kier alpha value is -0.490. The lowest BCUT2D eigenvalue weighted by molar-refractivity contribution is 0.577. The second-order valence-corrected chi connectivity index (χ2v) is 6.59. The molecule has 0 saturated carbocycles. The van der Waals surface area contributed by atoms with Crippen molar-refractivity contribution in [3.05, 3.63) is 4.77 Å². The third-order valence-electron chi connectivity index (χ3n) is 3.49. The van der Waals surface area contributed by atoms with Gasteiger partial charge in [-0.1, -0.05) is 0 Å². The molecule has 18 heavy (non-hydrogen) atoms. The molecule has 1 fully saturated rings. The summed E-state index contributed by atoms with van der Waals surface area (Å²) in [4.78, 5) is 2.38. The van der Waals surface area contributed by atoms with Crippen LogP contribution >= 0.6 is 24.0 Å². The predicted octanol–water partition coefficient (Wildman–Crippen LogP) is 3.24. The lowest BCUT2D eigenvalue weighted by Crippen LogP contribution is -2.28. The number of aromatic amines is 1. The minimum Gasteiger partial charge on any atom is -0.341 e.